The standard InChI is InChI=1S/C27H22N4O4/c32-24-16-29(15-17-6-2-1-3-7-17)27(33)23-14-21-20-8-4-5-9-22(20)28-25(21)26(30(23)24)18-10-12-19(13-11-18)31(34)35/h1-13,23,26,28H,14-16H2/t23-,26-/m1/s1. The van der Waals surface area contributed by atoms with Gasteiger partial charge in [-0.1, -0.05) is 48.5 Å². The SMILES string of the molecule is O=C1[C@H]2Cc3c([nH]c4ccccc34)[C@@H](c3ccc([N+](=O)[O-])cc3)N2C(=O)CN1Cc1ccccc1. The number of H-pyrrole nitrogens is 1. The van der Waals surface area contributed by atoms with Crippen LogP contribution < -0.4 is 0 Å². The van der Waals surface area contributed by atoms with E-state index in [1.165, 1.54) is 12.1 Å². The molecule has 0 bridgehead atoms. The number of piperazine rings is 1. The summed E-state index contributed by atoms with van der Waals surface area (Å²) in [7, 11) is 0. The number of rotatable bonds is 4. The Hall–Kier alpha value is -4.46. The number of nitrogens with one attached hydrogen (secondary N) is 1. The third-order valence-electron chi connectivity index (χ3n) is 6.98. The van der Waals surface area contributed by atoms with Crippen molar-refractivity contribution in [2.24, 2.45) is 0 Å². The van der Waals surface area contributed by atoms with E-state index in [9.17, 15) is 19.7 Å². The summed E-state index contributed by atoms with van der Waals surface area (Å²) in [5.74, 6) is -0.227. The molecule has 1 aromatic heterocycles. The van der Waals surface area contributed by atoms with Crippen LogP contribution in [0, 0.1) is 10.1 Å². The highest BCUT2D eigenvalue weighted by molar-refractivity contribution is 5.97. The van der Waals surface area contributed by atoms with Crippen molar-refractivity contribution >= 4 is 28.4 Å². The lowest BCUT2D eigenvalue weighted by molar-refractivity contribution is -0.384. The number of aromatic nitrogens is 1. The Kier molecular flexibility index (Phi) is 4.88. The van der Waals surface area contributed by atoms with Crippen LogP contribution in [0.1, 0.15) is 28.4 Å². The molecule has 2 atom stereocenters. The van der Waals surface area contributed by atoms with E-state index in [1.54, 1.807) is 21.9 Å². The number of aromatic amines is 1. The lowest BCUT2D eigenvalue weighted by atomic mass is 9.86. The summed E-state index contributed by atoms with van der Waals surface area (Å²) >= 11 is 0. The van der Waals surface area contributed by atoms with E-state index < -0.39 is 17.0 Å². The predicted octanol–water partition coefficient (Wildman–Crippen LogP) is 3.96. The average molecular weight is 466 g/mol. The molecular weight excluding hydrogens is 444 g/mol. The number of benzene rings is 3. The number of nitrogens with zero attached hydrogens (tertiary/aromatic N) is 3. The zero-order chi connectivity index (χ0) is 24.1. The Labute approximate surface area is 200 Å². The molecule has 0 saturated carbocycles. The van der Waals surface area contributed by atoms with Crippen molar-refractivity contribution in [2.75, 3.05) is 6.54 Å². The summed E-state index contributed by atoms with van der Waals surface area (Å²) in [4.78, 5) is 44.8. The molecule has 2 aliphatic rings. The third kappa shape index (κ3) is 3.45. The van der Waals surface area contributed by atoms with E-state index in [0.29, 0.717) is 13.0 Å². The number of non-ortho nitro benzene ring substituents is 1. The zero-order valence-corrected chi connectivity index (χ0v) is 18.8. The molecule has 2 amide bonds. The molecule has 0 radical (unpaired) electrons. The van der Waals surface area contributed by atoms with Crippen LogP contribution in [-0.2, 0) is 22.6 Å². The van der Waals surface area contributed by atoms with Gasteiger partial charge >= 0.3 is 0 Å². The second-order valence-electron chi connectivity index (χ2n) is 9.01. The average Bonchev–Trinajstić information content (AvgIpc) is 3.25. The monoisotopic (exact) mass is 466 g/mol. The van der Waals surface area contributed by atoms with E-state index >= 15 is 0 Å². The molecule has 3 aromatic carbocycles. The van der Waals surface area contributed by atoms with Crippen LogP contribution in [0.5, 0.6) is 0 Å². The van der Waals surface area contributed by atoms with Gasteiger partial charge in [-0.25, -0.2) is 0 Å². The normalized spacial score (nSPS) is 19.5. The van der Waals surface area contributed by atoms with Crippen LogP contribution >= 0.6 is 0 Å². The number of carbonyl (C=O) groups is 2. The van der Waals surface area contributed by atoms with E-state index in [-0.39, 0.29) is 24.0 Å². The number of nitro groups is 1. The van der Waals surface area contributed by atoms with Gasteiger partial charge in [0.15, 0.2) is 0 Å². The second kappa shape index (κ2) is 8.09. The largest absolute Gasteiger partial charge is 0.356 e. The maximum absolute atomic E-state index is 13.7. The Morgan fingerprint density at radius 1 is 0.943 bits per heavy atom. The van der Waals surface area contributed by atoms with Gasteiger partial charge in [0.05, 0.1) is 11.0 Å². The second-order valence-corrected chi connectivity index (χ2v) is 9.01. The van der Waals surface area contributed by atoms with Crippen LogP contribution in [0.25, 0.3) is 10.9 Å². The molecule has 174 valence electrons. The molecule has 35 heavy (non-hydrogen) atoms. The fourth-order valence-corrected chi connectivity index (χ4v) is 5.39. The quantitative estimate of drug-likeness (QED) is 0.363. The lowest BCUT2D eigenvalue weighted by Crippen LogP contribution is -2.62. The topological polar surface area (TPSA) is 99.5 Å². The maximum Gasteiger partial charge on any atom is 0.269 e. The number of nitro benzene ring substituents is 1. The first-order valence-corrected chi connectivity index (χ1v) is 11.5. The molecule has 1 N–H and O–H groups in total. The number of amides is 2. The highest BCUT2D eigenvalue weighted by Crippen LogP contribution is 2.42. The number of hydrogen-bond acceptors (Lipinski definition) is 4. The molecule has 2 aliphatic heterocycles. The summed E-state index contributed by atoms with van der Waals surface area (Å²) in [6, 6.07) is 22.6. The van der Waals surface area contributed by atoms with Gasteiger partial charge in [0, 0.05) is 41.7 Å². The molecule has 6 rings (SSSR count). The van der Waals surface area contributed by atoms with Crippen molar-refractivity contribution in [1.29, 1.82) is 0 Å². The van der Waals surface area contributed by atoms with Gasteiger partial charge in [-0.05, 0) is 34.9 Å². The molecule has 0 spiro atoms. The molecular formula is C27H22N4O4. The van der Waals surface area contributed by atoms with Crippen molar-refractivity contribution < 1.29 is 14.5 Å². The molecule has 3 heterocycles. The fourth-order valence-electron chi connectivity index (χ4n) is 5.39. The number of carbonyl (C=O) groups excluding carboxylic acids is 2. The molecule has 8 heteroatoms. The Balaban J connectivity index is 1.45. The minimum absolute atomic E-state index is 0.0106. The van der Waals surface area contributed by atoms with E-state index in [0.717, 1.165) is 33.3 Å². The van der Waals surface area contributed by atoms with E-state index in [2.05, 4.69) is 4.98 Å². The summed E-state index contributed by atoms with van der Waals surface area (Å²) in [6.45, 7) is 0.363. The van der Waals surface area contributed by atoms with Gasteiger partial charge in [-0.3, -0.25) is 19.7 Å². The lowest BCUT2D eigenvalue weighted by Gasteiger charge is -2.47. The third-order valence-corrected chi connectivity index (χ3v) is 6.98. The van der Waals surface area contributed by atoms with Crippen LogP contribution in [0.15, 0.2) is 78.9 Å². The van der Waals surface area contributed by atoms with Gasteiger partial charge in [-0.15, -0.1) is 0 Å². The van der Waals surface area contributed by atoms with Gasteiger partial charge in [-0.2, -0.15) is 0 Å². The summed E-state index contributed by atoms with van der Waals surface area (Å²) in [5, 5.41) is 12.2. The molecule has 1 saturated heterocycles. The molecule has 1 fully saturated rings. The van der Waals surface area contributed by atoms with Crippen molar-refractivity contribution in [3.05, 3.63) is 111 Å². The molecule has 0 unspecified atom stereocenters. The van der Waals surface area contributed by atoms with E-state index in [1.807, 2.05) is 54.6 Å². The van der Waals surface area contributed by atoms with Crippen LogP contribution in [0.2, 0.25) is 0 Å². The maximum atomic E-state index is 13.7. The minimum atomic E-state index is -0.646. The summed E-state index contributed by atoms with van der Waals surface area (Å²) in [6.07, 6.45) is 0.415. The highest BCUT2D eigenvalue weighted by Gasteiger charge is 2.48. The predicted molar refractivity (Wildman–Crippen MR) is 129 cm³/mol. The van der Waals surface area contributed by atoms with Crippen molar-refractivity contribution in [1.82, 2.24) is 14.8 Å². The smallest absolute Gasteiger partial charge is 0.269 e. The zero-order valence-electron chi connectivity index (χ0n) is 18.8. The van der Waals surface area contributed by atoms with E-state index in [4.69, 9.17) is 0 Å². The number of para-hydroxylation sites is 1. The first-order chi connectivity index (χ1) is 17.0. The van der Waals surface area contributed by atoms with Crippen LogP contribution in [0.3, 0.4) is 0 Å². The van der Waals surface area contributed by atoms with Crippen molar-refractivity contribution in [3.8, 4) is 0 Å². The summed E-state index contributed by atoms with van der Waals surface area (Å²) < 4.78 is 0. The first-order valence-electron chi connectivity index (χ1n) is 11.5. The number of hydrogen-bond donors (Lipinski definition) is 1. The summed E-state index contributed by atoms with van der Waals surface area (Å²) in [5.41, 5.74) is 4.48. The Bertz CT molecular complexity index is 1460. The van der Waals surface area contributed by atoms with Gasteiger partial charge in [0.1, 0.15) is 12.6 Å². The van der Waals surface area contributed by atoms with Crippen LogP contribution in [-0.4, -0.2) is 44.1 Å². The Morgan fingerprint density at radius 3 is 2.40 bits per heavy atom. The first kappa shape index (κ1) is 21.1. The van der Waals surface area contributed by atoms with Crippen molar-refractivity contribution in [2.45, 2.75) is 25.0 Å². The molecule has 4 aromatic rings. The fraction of sp³-hybridized carbons (Fsp3) is 0.185. The number of fused-ring (bicyclic) bond motifs is 4. The highest BCUT2D eigenvalue weighted by atomic mass is 16.6. The van der Waals surface area contributed by atoms with Crippen molar-refractivity contribution in [3.63, 3.8) is 0 Å². The van der Waals surface area contributed by atoms with Gasteiger partial charge < -0.3 is 14.8 Å². The minimum Gasteiger partial charge on any atom is -0.356 e. The Morgan fingerprint density at radius 2 is 1.66 bits per heavy atom. The van der Waals surface area contributed by atoms with Gasteiger partial charge in [0.2, 0.25) is 11.8 Å². The molecule has 0 aliphatic carbocycles. The van der Waals surface area contributed by atoms with Crippen LogP contribution in [0.4, 0.5) is 5.69 Å². The molecule has 8 nitrogen and oxygen atoms in total. The van der Waals surface area contributed by atoms with Gasteiger partial charge in [0.25, 0.3) is 5.69 Å².